The second-order valence-corrected chi connectivity index (χ2v) is 4.71. The van der Waals surface area contributed by atoms with Gasteiger partial charge in [-0.3, -0.25) is 4.98 Å². The summed E-state index contributed by atoms with van der Waals surface area (Å²) in [4.78, 5) is 4.24. The van der Waals surface area contributed by atoms with Crippen molar-refractivity contribution in [1.29, 1.82) is 0 Å². The van der Waals surface area contributed by atoms with Gasteiger partial charge < -0.3 is 9.84 Å². The molecule has 0 bridgehead atoms. The van der Waals surface area contributed by atoms with E-state index in [1.165, 1.54) is 6.07 Å². The minimum atomic E-state index is -1.01. The smallest absolute Gasteiger partial charge is 0.129 e. The van der Waals surface area contributed by atoms with Gasteiger partial charge in [0.05, 0.1) is 5.52 Å². The van der Waals surface area contributed by atoms with Crippen LogP contribution in [-0.2, 0) is 0 Å². The molecule has 3 nitrogen and oxygen atoms in total. The standard InChI is InChI=1S/C17H14FNO2/c18-15-6-2-1-5-14(15)17(20)11-21-13-8-7-12-4-3-9-19-16(12)10-13/h1-10,17,20H,11H2. The molecule has 1 atom stereocenters. The Morgan fingerprint density at radius 1 is 1.10 bits per heavy atom. The van der Waals surface area contributed by atoms with Crippen molar-refractivity contribution in [3.8, 4) is 5.75 Å². The van der Waals surface area contributed by atoms with E-state index >= 15 is 0 Å². The molecule has 0 aliphatic carbocycles. The zero-order valence-electron chi connectivity index (χ0n) is 11.2. The Kier molecular flexibility index (Phi) is 3.79. The lowest BCUT2D eigenvalue weighted by atomic mass is 10.1. The van der Waals surface area contributed by atoms with Gasteiger partial charge in [0.2, 0.25) is 0 Å². The normalized spacial score (nSPS) is 12.3. The minimum Gasteiger partial charge on any atom is -0.490 e. The quantitative estimate of drug-likeness (QED) is 0.797. The van der Waals surface area contributed by atoms with E-state index in [9.17, 15) is 9.50 Å². The zero-order chi connectivity index (χ0) is 14.7. The Bertz CT molecular complexity index is 760. The molecular formula is C17H14FNO2. The van der Waals surface area contributed by atoms with Gasteiger partial charge in [0.1, 0.15) is 24.3 Å². The predicted octanol–water partition coefficient (Wildman–Crippen LogP) is 3.49. The van der Waals surface area contributed by atoms with Gasteiger partial charge in [-0.15, -0.1) is 0 Å². The fraction of sp³-hybridized carbons (Fsp3) is 0.118. The van der Waals surface area contributed by atoms with Gasteiger partial charge in [0.15, 0.2) is 0 Å². The van der Waals surface area contributed by atoms with Gasteiger partial charge in [0.25, 0.3) is 0 Å². The molecule has 106 valence electrons. The van der Waals surface area contributed by atoms with Gasteiger partial charge in [-0.1, -0.05) is 24.3 Å². The first-order valence-corrected chi connectivity index (χ1v) is 6.64. The number of benzene rings is 2. The molecule has 0 radical (unpaired) electrons. The Labute approximate surface area is 121 Å². The van der Waals surface area contributed by atoms with Crippen molar-refractivity contribution in [2.24, 2.45) is 0 Å². The maximum absolute atomic E-state index is 13.5. The lowest BCUT2D eigenvalue weighted by molar-refractivity contribution is 0.105. The van der Waals surface area contributed by atoms with E-state index in [1.807, 2.05) is 18.2 Å². The highest BCUT2D eigenvalue weighted by Crippen LogP contribution is 2.21. The predicted molar refractivity (Wildman–Crippen MR) is 78.6 cm³/mol. The van der Waals surface area contributed by atoms with Gasteiger partial charge >= 0.3 is 0 Å². The number of ether oxygens (including phenoxy) is 1. The average molecular weight is 283 g/mol. The molecule has 3 aromatic rings. The first-order chi connectivity index (χ1) is 10.2. The second-order valence-electron chi connectivity index (χ2n) is 4.71. The third-order valence-corrected chi connectivity index (χ3v) is 3.25. The van der Waals surface area contributed by atoms with Crippen molar-refractivity contribution in [1.82, 2.24) is 4.98 Å². The number of nitrogens with zero attached hydrogens (tertiary/aromatic N) is 1. The molecule has 3 rings (SSSR count). The molecule has 2 aromatic carbocycles. The Hall–Kier alpha value is -2.46. The zero-order valence-corrected chi connectivity index (χ0v) is 11.2. The number of aromatic nitrogens is 1. The molecule has 1 aromatic heterocycles. The van der Waals surface area contributed by atoms with E-state index in [2.05, 4.69) is 4.98 Å². The lowest BCUT2D eigenvalue weighted by Gasteiger charge is -2.13. The fourth-order valence-corrected chi connectivity index (χ4v) is 2.15. The molecule has 0 saturated carbocycles. The molecule has 0 spiro atoms. The van der Waals surface area contributed by atoms with Crippen LogP contribution >= 0.6 is 0 Å². The van der Waals surface area contributed by atoms with E-state index in [0.717, 1.165) is 10.9 Å². The summed E-state index contributed by atoms with van der Waals surface area (Å²) in [5.74, 6) is 0.158. The van der Waals surface area contributed by atoms with Crippen molar-refractivity contribution in [2.75, 3.05) is 6.61 Å². The second kappa shape index (κ2) is 5.89. The van der Waals surface area contributed by atoms with Crippen molar-refractivity contribution in [2.45, 2.75) is 6.10 Å². The first kappa shape index (κ1) is 13.5. The first-order valence-electron chi connectivity index (χ1n) is 6.64. The number of fused-ring (bicyclic) bond motifs is 1. The van der Waals surface area contributed by atoms with Crippen LogP contribution < -0.4 is 4.74 Å². The maximum Gasteiger partial charge on any atom is 0.129 e. The maximum atomic E-state index is 13.5. The monoisotopic (exact) mass is 283 g/mol. The summed E-state index contributed by atoms with van der Waals surface area (Å²) in [5.41, 5.74) is 1.05. The van der Waals surface area contributed by atoms with Crippen LogP contribution in [-0.4, -0.2) is 16.7 Å². The minimum absolute atomic E-state index is 0.0146. The number of rotatable bonds is 4. The van der Waals surface area contributed by atoms with Crippen molar-refractivity contribution in [3.05, 3.63) is 72.2 Å². The molecule has 0 saturated heterocycles. The summed E-state index contributed by atoms with van der Waals surface area (Å²) < 4.78 is 19.1. The average Bonchev–Trinajstić information content (AvgIpc) is 2.53. The number of hydrogen-bond acceptors (Lipinski definition) is 3. The summed E-state index contributed by atoms with van der Waals surface area (Å²) in [6.07, 6.45) is 0.700. The van der Waals surface area contributed by atoms with Crippen molar-refractivity contribution in [3.63, 3.8) is 0 Å². The summed E-state index contributed by atoms with van der Waals surface area (Å²) in [7, 11) is 0. The number of hydrogen-bond donors (Lipinski definition) is 1. The number of aliphatic hydroxyl groups is 1. The summed E-state index contributed by atoms with van der Waals surface area (Å²) >= 11 is 0. The highest BCUT2D eigenvalue weighted by atomic mass is 19.1. The van der Waals surface area contributed by atoms with Crippen LogP contribution in [0.25, 0.3) is 10.9 Å². The number of halogens is 1. The molecule has 0 amide bonds. The van der Waals surface area contributed by atoms with Gasteiger partial charge in [0, 0.05) is 23.2 Å². The molecule has 1 N–H and O–H groups in total. The molecule has 0 aliphatic heterocycles. The highest BCUT2D eigenvalue weighted by molar-refractivity contribution is 5.79. The fourth-order valence-electron chi connectivity index (χ4n) is 2.15. The van der Waals surface area contributed by atoms with Crippen LogP contribution in [0.5, 0.6) is 5.75 Å². The third kappa shape index (κ3) is 3.01. The Balaban J connectivity index is 1.73. The van der Waals surface area contributed by atoms with Crippen LogP contribution in [0.4, 0.5) is 4.39 Å². The largest absolute Gasteiger partial charge is 0.490 e. The van der Waals surface area contributed by atoms with E-state index in [4.69, 9.17) is 4.74 Å². The SMILES string of the molecule is OC(COc1ccc2cccnc2c1)c1ccccc1F. The molecule has 4 heteroatoms. The van der Waals surface area contributed by atoms with Crippen molar-refractivity contribution < 1.29 is 14.2 Å². The van der Waals surface area contributed by atoms with Crippen LogP contribution in [0.15, 0.2) is 60.8 Å². The Morgan fingerprint density at radius 3 is 2.81 bits per heavy atom. The van der Waals surface area contributed by atoms with Crippen LogP contribution in [0.1, 0.15) is 11.7 Å². The van der Waals surface area contributed by atoms with E-state index < -0.39 is 11.9 Å². The van der Waals surface area contributed by atoms with E-state index in [-0.39, 0.29) is 12.2 Å². The van der Waals surface area contributed by atoms with E-state index in [0.29, 0.717) is 5.75 Å². The number of aliphatic hydroxyl groups excluding tert-OH is 1. The van der Waals surface area contributed by atoms with Crippen LogP contribution in [0, 0.1) is 5.82 Å². The topological polar surface area (TPSA) is 42.4 Å². The van der Waals surface area contributed by atoms with Gasteiger partial charge in [-0.05, 0) is 24.3 Å². The molecular weight excluding hydrogens is 269 g/mol. The third-order valence-electron chi connectivity index (χ3n) is 3.25. The summed E-state index contributed by atoms with van der Waals surface area (Å²) in [6.45, 7) is -0.0146. The molecule has 0 fully saturated rings. The highest BCUT2D eigenvalue weighted by Gasteiger charge is 2.13. The molecule has 0 aliphatic rings. The summed E-state index contributed by atoms with van der Waals surface area (Å²) in [6, 6.07) is 15.5. The molecule has 1 unspecified atom stereocenters. The number of pyridine rings is 1. The van der Waals surface area contributed by atoms with Gasteiger partial charge in [-0.25, -0.2) is 4.39 Å². The van der Waals surface area contributed by atoms with Gasteiger partial charge in [-0.2, -0.15) is 0 Å². The summed E-state index contributed by atoms with van der Waals surface area (Å²) in [5, 5.41) is 11.0. The lowest BCUT2D eigenvalue weighted by Crippen LogP contribution is -2.11. The Morgan fingerprint density at radius 2 is 1.95 bits per heavy atom. The van der Waals surface area contributed by atoms with Crippen LogP contribution in [0.2, 0.25) is 0 Å². The van der Waals surface area contributed by atoms with Crippen molar-refractivity contribution >= 4 is 10.9 Å². The van der Waals surface area contributed by atoms with E-state index in [1.54, 1.807) is 36.5 Å². The molecule has 1 heterocycles. The molecule has 21 heavy (non-hydrogen) atoms. The van der Waals surface area contributed by atoms with Crippen LogP contribution in [0.3, 0.4) is 0 Å².